The summed E-state index contributed by atoms with van der Waals surface area (Å²) in [5.41, 5.74) is 2.11. The van der Waals surface area contributed by atoms with Gasteiger partial charge in [0.25, 0.3) is 15.9 Å². The molecule has 2 aromatic rings. The Bertz CT molecular complexity index is 1010. The van der Waals surface area contributed by atoms with Crippen molar-refractivity contribution in [1.29, 1.82) is 0 Å². The van der Waals surface area contributed by atoms with Crippen molar-refractivity contribution in [2.24, 2.45) is 0 Å². The third kappa shape index (κ3) is 4.32. The highest BCUT2D eigenvalue weighted by atomic mass is 35.5. The van der Waals surface area contributed by atoms with Crippen molar-refractivity contribution in [1.82, 2.24) is 9.80 Å². The van der Waals surface area contributed by atoms with E-state index >= 15 is 0 Å². The number of halogens is 1. The second-order valence-electron chi connectivity index (χ2n) is 7.34. The highest BCUT2D eigenvalue weighted by Gasteiger charge is 2.31. The maximum Gasteiger partial charge on any atom is 0.264 e. The molecule has 1 N–H and O–H groups in total. The molecule has 9 heteroatoms. The Balaban J connectivity index is 0.00000256. The van der Waals surface area contributed by atoms with Gasteiger partial charge >= 0.3 is 0 Å². The van der Waals surface area contributed by atoms with Crippen LogP contribution in [0.5, 0.6) is 0 Å². The fourth-order valence-corrected chi connectivity index (χ4v) is 5.52. The van der Waals surface area contributed by atoms with Crippen LogP contribution in [0, 0.1) is 0 Å². The number of carbonyl (C=O) groups excluding carboxylic acids is 1. The molecule has 2 heterocycles. The van der Waals surface area contributed by atoms with Crippen LogP contribution in [-0.4, -0.2) is 75.1 Å². The summed E-state index contributed by atoms with van der Waals surface area (Å²) in [6, 6.07) is 13.8. The molecule has 2 aromatic carbocycles. The first-order valence-electron chi connectivity index (χ1n) is 9.84. The Kier molecular flexibility index (Phi) is 7.02. The molecule has 162 valence electrons. The third-order valence-corrected chi connectivity index (χ3v) is 7.40. The molecule has 0 aromatic heterocycles. The minimum absolute atomic E-state index is 0. The molecular formula is C21H26ClN3O4S. The van der Waals surface area contributed by atoms with Gasteiger partial charge in [-0.2, -0.15) is 0 Å². The van der Waals surface area contributed by atoms with Crippen LogP contribution in [0.15, 0.2) is 53.4 Å². The van der Waals surface area contributed by atoms with E-state index in [0.717, 1.165) is 5.56 Å². The lowest BCUT2D eigenvalue weighted by Gasteiger charge is -2.34. The van der Waals surface area contributed by atoms with E-state index in [0.29, 0.717) is 56.9 Å². The molecule has 1 amide bonds. The van der Waals surface area contributed by atoms with E-state index in [-0.39, 0.29) is 29.8 Å². The number of rotatable bonds is 5. The molecule has 30 heavy (non-hydrogen) atoms. The third-order valence-electron chi connectivity index (χ3n) is 5.59. The SMILES string of the molecule is Cl.O=C(c1cccc(S(=O)(=O)N2CCc3ccccc32)c1)N1CCN(CCO)CC1. The molecule has 0 radical (unpaired) electrons. The number of fused-ring (bicyclic) bond motifs is 1. The maximum atomic E-state index is 13.2. The monoisotopic (exact) mass is 451 g/mol. The molecule has 0 saturated carbocycles. The largest absolute Gasteiger partial charge is 0.395 e. The van der Waals surface area contributed by atoms with Crippen LogP contribution in [0.4, 0.5) is 5.69 Å². The van der Waals surface area contributed by atoms with Crippen molar-refractivity contribution < 1.29 is 18.3 Å². The molecule has 0 atom stereocenters. The average Bonchev–Trinajstić information content (AvgIpc) is 3.19. The number of sulfonamides is 1. The van der Waals surface area contributed by atoms with Gasteiger partial charge in [0.05, 0.1) is 17.2 Å². The number of amides is 1. The second-order valence-corrected chi connectivity index (χ2v) is 9.20. The van der Waals surface area contributed by atoms with Crippen LogP contribution in [0.1, 0.15) is 15.9 Å². The van der Waals surface area contributed by atoms with Gasteiger partial charge < -0.3 is 10.0 Å². The lowest BCUT2D eigenvalue weighted by atomic mass is 10.2. The minimum Gasteiger partial charge on any atom is -0.395 e. The topological polar surface area (TPSA) is 81.2 Å². The van der Waals surface area contributed by atoms with Gasteiger partial charge in [-0.3, -0.25) is 14.0 Å². The van der Waals surface area contributed by atoms with Crippen LogP contribution in [-0.2, 0) is 16.4 Å². The molecule has 1 fully saturated rings. The number of anilines is 1. The van der Waals surface area contributed by atoms with E-state index in [1.54, 1.807) is 23.1 Å². The number of β-amino-alcohol motifs (C(OH)–C–C–N with tert-alkyl or cyclic N) is 1. The molecule has 2 aliphatic heterocycles. The van der Waals surface area contributed by atoms with Crippen LogP contribution in [0.3, 0.4) is 0 Å². The summed E-state index contributed by atoms with van der Waals surface area (Å²) < 4.78 is 27.9. The van der Waals surface area contributed by atoms with E-state index in [9.17, 15) is 13.2 Å². The summed E-state index contributed by atoms with van der Waals surface area (Å²) in [5.74, 6) is -0.160. The number of para-hydroxylation sites is 1. The Morgan fingerprint density at radius 3 is 2.43 bits per heavy atom. The highest BCUT2D eigenvalue weighted by molar-refractivity contribution is 7.92. The Morgan fingerprint density at radius 2 is 1.70 bits per heavy atom. The number of carbonyl (C=O) groups is 1. The zero-order valence-electron chi connectivity index (χ0n) is 16.6. The van der Waals surface area contributed by atoms with Crippen LogP contribution in [0.2, 0.25) is 0 Å². The van der Waals surface area contributed by atoms with Gasteiger partial charge in [-0.1, -0.05) is 24.3 Å². The Morgan fingerprint density at radius 1 is 0.967 bits per heavy atom. The van der Waals surface area contributed by atoms with Crippen LogP contribution >= 0.6 is 12.4 Å². The highest BCUT2D eigenvalue weighted by Crippen LogP contribution is 2.32. The van der Waals surface area contributed by atoms with E-state index in [1.807, 2.05) is 24.3 Å². The lowest BCUT2D eigenvalue weighted by Crippen LogP contribution is -2.49. The first-order valence-corrected chi connectivity index (χ1v) is 11.3. The van der Waals surface area contributed by atoms with Gasteiger partial charge in [0, 0.05) is 44.8 Å². The number of benzene rings is 2. The molecule has 0 unspecified atom stereocenters. The standard InChI is InChI=1S/C21H25N3O4S.ClH/c25-15-14-22-10-12-23(13-11-22)21(26)18-5-3-6-19(16-18)29(27,28)24-9-8-17-4-1-2-7-20(17)24;/h1-7,16,25H,8-15H2;1H. The Hall–Kier alpha value is -2.13. The molecule has 0 spiro atoms. The zero-order valence-corrected chi connectivity index (χ0v) is 18.2. The number of hydrogen-bond acceptors (Lipinski definition) is 5. The second kappa shape index (κ2) is 9.34. The quantitative estimate of drug-likeness (QED) is 0.747. The average molecular weight is 452 g/mol. The van der Waals surface area contributed by atoms with E-state index in [2.05, 4.69) is 4.90 Å². The number of nitrogens with zero attached hydrogens (tertiary/aromatic N) is 3. The molecular weight excluding hydrogens is 426 g/mol. The van der Waals surface area contributed by atoms with E-state index in [1.165, 1.54) is 10.4 Å². The van der Waals surface area contributed by atoms with Crippen LogP contribution < -0.4 is 4.31 Å². The van der Waals surface area contributed by atoms with Gasteiger partial charge in [0.15, 0.2) is 0 Å². The summed E-state index contributed by atoms with van der Waals surface area (Å²) in [6.07, 6.45) is 0.687. The van der Waals surface area contributed by atoms with Crippen molar-refractivity contribution in [3.8, 4) is 0 Å². The normalized spacial score (nSPS) is 16.8. The van der Waals surface area contributed by atoms with Gasteiger partial charge in [-0.25, -0.2) is 8.42 Å². The molecule has 0 bridgehead atoms. The Labute approximate surface area is 183 Å². The van der Waals surface area contributed by atoms with Crippen molar-refractivity contribution in [3.63, 3.8) is 0 Å². The smallest absolute Gasteiger partial charge is 0.264 e. The van der Waals surface area contributed by atoms with Crippen LogP contribution in [0.25, 0.3) is 0 Å². The summed E-state index contributed by atoms with van der Waals surface area (Å²) in [4.78, 5) is 16.9. The van der Waals surface area contributed by atoms with E-state index < -0.39 is 10.0 Å². The summed E-state index contributed by atoms with van der Waals surface area (Å²) >= 11 is 0. The predicted octanol–water partition coefficient (Wildman–Crippen LogP) is 1.61. The van der Waals surface area contributed by atoms with Crippen molar-refractivity contribution in [2.75, 3.05) is 50.2 Å². The van der Waals surface area contributed by atoms with Gasteiger partial charge in [0.2, 0.25) is 0 Å². The first-order chi connectivity index (χ1) is 14.0. The van der Waals surface area contributed by atoms with Gasteiger partial charge in [0.1, 0.15) is 0 Å². The lowest BCUT2D eigenvalue weighted by molar-refractivity contribution is 0.0614. The molecule has 0 aliphatic carbocycles. The summed E-state index contributed by atoms with van der Waals surface area (Å²) in [5, 5.41) is 9.05. The maximum absolute atomic E-state index is 13.2. The molecule has 4 rings (SSSR count). The fourth-order valence-electron chi connectivity index (χ4n) is 3.97. The number of hydrogen-bond donors (Lipinski definition) is 1. The molecule has 1 saturated heterocycles. The number of aliphatic hydroxyl groups excluding tert-OH is 1. The summed E-state index contributed by atoms with van der Waals surface area (Å²) in [6.45, 7) is 3.65. The van der Waals surface area contributed by atoms with Crippen molar-refractivity contribution in [3.05, 3.63) is 59.7 Å². The minimum atomic E-state index is -3.73. The first kappa shape index (κ1) is 22.6. The zero-order chi connectivity index (χ0) is 20.4. The summed E-state index contributed by atoms with van der Waals surface area (Å²) in [7, 11) is -3.73. The van der Waals surface area contributed by atoms with Crippen molar-refractivity contribution >= 4 is 34.0 Å². The molecule has 7 nitrogen and oxygen atoms in total. The number of aliphatic hydroxyl groups is 1. The number of piperazine rings is 1. The molecule has 2 aliphatic rings. The van der Waals surface area contributed by atoms with E-state index in [4.69, 9.17) is 5.11 Å². The van der Waals surface area contributed by atoms with Gasteiger partial charge in [-0.05, 0) is 36.2 Å². The van der Waals surface area contributed by atoms with Crippen molar-refractivity contribution in [2.45, 2.75) is 11.3 Å². The fraction of sp³-hybridized carbons (Fsp3) is 0.381. The predicted molar refractivity (Wildman–Crippen MR) is 118 cm³/mol. The van der Waals surface area contributed by atoms with Gasteiger partial charge in [-0.15, -0.1) is 12.4 Å².